The normalized spacial score (nSPS) is 9.90. The Balaban J connectivity index is 2.37. The molecule has 110 valence electrons. The lowest BCUT2D eigenvalue weighted by Crippen LogP contribution is -2.37. The number of carbonyl (C=O) groups is 2. The van der Waals surface area contributed by atoms with E-state index < -0.39 is 0 Å². The van der Waals surface area contributed by atoms with Crippen LogP contribution in [0, 0.1) is 0 Å². The third-order valence-electron chi connectivity index (χ3n) is 2.86. The first kappa shape index (κ1) is 16.0. The van der Waals surface area contributed by atoms with E-state index in [2.05, 4.69) is 17.6 Å². The van der Waals surface area contributed by atoms with Gasteiger partial charge in [0.1, 0.15) is 5.75 Å². The lowest BCUT2D eigenvalue weighted by Gasteiger charge is -2.09. The van der Waals surface area contributed by atoms with Crippen molar-refractivity contribution in [1.29, 1.82) is 0 Å². The molecule has 5 heteroatoms. The SMILES string of the molecule is CCCCCNC(=O)CNC(=O)c1ccccc1OC. The van der Waals surface area contributed by atoms with Crippen molar-refractivity contribution in [2.24, 2.45) is 0 Å². The summed E-state index contributed by atoms with van der Waals surface area (Å²) in [7, 11) is 1.51. The molecule has 0 aliphatic carbocycles. The maximum Gasteiger partial charge on any atom is 0.255 e. The van der Waals surface area contributed by atoms with Crippen LogP contribution in [-0.4, -0.2) is 32.0 Å². The van der Waals surface area contributed by atoms with Crippen molar-refractivity contribution >= 4 is 11.8 Å². The molecule has 2 amide bonds. The van der Waals surface area contributed by atoms with E-state index in [1.165, 1.54) is 7.11 Å². The second-order valence-electron chi connectivity index (χ2n) is 4.44. The van der Waals surface area contributed by atoms with Gasteiger partial charge in [0.05, 0.1) is 19.2 Å². The van der Waals surface area contributed by atoms with Crippen LogP contribution in [0.3, 0.4) is 0 Å². The molecule has 0 unspecified atom stereocenters. The molecule has 1 aromatic rings. The summed E-state index contributed by atoms with van der Waals surface area (Å²) in [5.74, 6) is 0.00358. The Morgan fingerprint density at radius 2 is 1.90 bits per heavy atom. The number of methoxy groups -OCH3 is 1. The number of nitrogens with one attached hydrogen (secondary N) is 2. The summed E-state index contributed by atoms with van der Waals surface area (Å²) in [6, 6.07) is 6.91. The summed E-state index contributed by atoms with van der Waals surface area (Å²) in [6.07, 6.45) is 3.16. The molecule has 2 N–H and O–H groups in total. The highest BCUT2D eigenvalue weighted by atomic mass is 16.5. The fourth-order valence-corrected chi connectivity index (χ4v) is 1.75. The number of amides is 2. The second-order valence-corrected chi connectivity index (χ2v) is 4.44. The van der Waals surface area contributed by atoms with E-state index in [-0.39, 0.29) is 18.4 Å². The molecule has 1 aromatic carbocycles. The van der Waals surface area contributed by atoms with Gasteiger partial charge in [-0.3, -0.25) is 9.59 Å². The molecular weight excluding hydrogens is 256 g/mol. The number of para-hydroxylation sites is 1. The molecule has 0 aliphatic rings. The van der Waals surface area contributed by atoms with E-state index in [1.54, 1.807) is 24.3 Å². The van der Waals surface area contributed by atoms with Gasteiger partial charge in [-0.15, -0.1) is 0 Å². The monoisotopic (exact) mass is 278 g/mol. The van der Waals surface area contributed by atoms with E-state index in [0.717, 1.165) is 19.3 Å². The van der Waals surface area contributed by atoms with Gasteiger partial charge < -0.3 is 15.4 Å². The first-order chi connectivity index (χ1) is 9.69. The van der Waals surface area contributed by atoms with E-state index in [4.69, 9.17) is 4.74 Å². The first-order valence-corrected chi connectivity index (χ1v) is 6.87. The Labute approximate surface area is 119 Å². The number of hydrogen-bond acceptors (Lipinski definition) is 3. The fraction of sp³-hybridized carbons (Fsp3) is 0.467. The third-order valence-corrected chi connectivity index (χ3v) is 2.86. The highest BCUT2D eigenvalue weighted by molar-refractivity contribution is 5.98. The summed E-state index contributed by atoms with van der Waals surface area (Å²) in [5, 5.41) is 5.35. The van der Waals surface area contributed by atoms with Gasteiger partial charge in [0.2, 0.25) is 5.91 Å². The van der Waals surface area contributed by atoms with Crippen molar-refractivity contribution in [3.05, 3.63) is 29.8 Å². The van der Waals surface area contributed by atoms with Crippen LogP contribution in [0.5, 0.6) is 5.75 Å². The van der Waals surface area contributed by atoms with Crippen molar-refractivity contribution in [3.63, 3.8) is 0 Å². The van der Waals surface area contributed by atoms with Gasteiger partial charge in [-0.2, -0.15) is 0 Å². The summed E-state index contributed by atoms with van der Waals surface area (Å²) >= 11 is 0. The minimum absolute atomic E-state index is 0.0248. The molecule has 0 saturated heterocycles. The van der Waals surface area contributed by atoms with Crippen LogP contribution in [-0.2, 0) is 4.79 Å². The van der Waals surface area contributed by atoms with E-state index >= 15 is 0 Å². The molecule has 20 heavy (non-hydrogen) atoms. The van der Waals surface area contributed by atoms with E-state index in [9.17, 15) is 9.59 Å². The van der Waals surface area contributed by atoms with Crippen molar-refractivity contribution in [2.45, 2.75) is 26.2 Å². The van der Waals surface area contributed by atoms with Crippen LogP contribution in [0.4, 0.5) is 0 Å². The molecule has 0 saturated carbocycles. The summed E-state index contributed by atoms with van der Waals surface area (Å²) < 4.78 is 5.10. The van der Waals surface area contributed by atoms with Crippen molar-refractivity contribution < 1.29 is 14.3 Å². The number of hydrogen-bond donors (Lipinski definition) is 2. The lowest BCUT2D eigenvalue weighted by atomic mass is 10.2. The predicted molar refractivity (Wildman–Crippen MR) is 77.9 cm³/mol. The average molecular weight is 278 g/mol. The molecule has 1 rings (SSSR count). The molecule has 0 aliphatic heterocycles. The molecule has 0 atom stereocenters. The molecule has 0 spiro atoms. The van der Waals surface area contributed by atoms with Crippen LogP contribution in [0.2, 0.25) is 0 Å². The fourth-order valence-electron chi connectivity index (χ4n) is 1.75. The molecule has 0 bridgehead atoms. The molecule has 0 aromatic heterocycles. The van der Waals surface area contributed by atoms with Gasteiger partial charge in [0, 0.05) is 6.54 Å². The molecule has 0 heterocycles. The van der Waals surface area contributed by atoms with Crippen LogP contribution in [0.25, 0.3) is 0 Å². The molecule has 0 radical (unpaired) electrons. The third kappa shape index (κ3) is 5.30. The zero-order chi connectivity index (χ0) is 14.8. The largest absolute Gasteiger partial charge is 0.496 e. The van der Waals surface area contributed by atoms with E-state index in [1.807, 2.05) is 0 Å². The molecule has 0 fully saturated rings. The van der Waals surface area contributed by atoms with Crippen molar-refractivity contribution in [3.8, 4) is 5.75 Å². The Morgan fingerprint density at radius 3 is 2.60 bits per heavy atom. The molecular formula is C15H22N2O3. The van der Waals surface area contributed by atoms with Gasteiger partial charge in [-0.25, -0.2) is 0 Å². The lowest BCUT2D eigenvalue weighted by molar-refractivity contribution is -0.120. The number of unbranched alkanes of at least 4 members (excludes halogenated alkanes) is 2. The first-order valence-electron chi connectivity index (χ1n) is 6.87. The minimum Gasteiger partial charge on any atom is -0.496 e. The quantitative estimate of drug-likeness (QED) is 0.712. The van der Waals surface area contributed by atoms with Crippen LogP contribution >= 0.6 is 0 Å². The standard InChI is InChI=1S/C15H22N2O3/c1-3-4-7-10-16-14(18)11-17-15(19)12-8-5-6-9-13(12)20-2/h5-6,8-9H,3-4,7,10-11H2,1-2H3,(H,16,18)(H,17,19). The average Bonchev–Trinajstić information content (AvgIpc) is 2.49. The van der Waals surface area contributed by atoms with Gasteiger partial charge >= 0.3 is 0 Å². The number of ether oxygens (including phenoxy) is 1. The highest BCUT2D eigenvalue weighted by Gasteiger charge is 2.12. The maximum absolute atomic E-state index is 11.9. The van der Waals surface area contributed by atoms with Crippen molar-refractivity contribution in [1.82, 2.24) is 10.6 Å². The second kappa shape index (κ2) is 8.96. The van der Waals surface area contributed by atoms with Crippen LogP contribution in [0.15, 0.2) is 24.3 Å². The smallest absolute Gasteiger partial charge is 0.255 e. The summed E-state index contributed by atoms with van der Waals surface area (Å²) in [6.45, 7) is 2.73. The zero-order valence-electron chi connectivity index (χ0n) is 12.1. The Bertz CT molecular complexity index is 446. The van der Waals surface area contributed by atoms with Gasteiger partial charge in [-0.05, 0) is 18.6 Å². The number of rotatable bonds is 8. The van der Waals surface area contributed by atoms with Gasteiger partial charge in [-0.1, -0.05) is 31.9 Å². The minimum atomic E-state index is -0.314. The highest BCUT2D eigenvalue weighted by Crippen LogP contribution is 2.16. The van der Waals surface area contributed by atoms with Crippen LogP contribution < -0.4 is 15.4 Å². The summed E-state index contributed by atoms with van der Waals surface area (Å²) in [5.41, 5.74) is 0.425. The Kier molecular flexibility index (Phi) is 7.17. The Morgan fingerprint density at radius 1 is 1.15 bits per heavy atom. The van der Waals surface area contributed by atoms with Crippen LogP contribution in [0.1, 0.15) is 36.5 Å². The Hall–Kier alpha value is -2.04. The topological polar surface area (TPSA) is 67.4 Å². The van der Waals surface area contributed by atoms with Gasteiger partial charge in [0.25, 0.3) is 5.91 Å². The summed E-state index contributed by atoms with van der Waals surface area (Å²) in [4.78, 5) is 23.5. The maximum atomic E-state index is 11.9. The van der Waals surface area contributed by atoms with Gasteiger partial charge in [0.15, 0.2) is 0 Å². The number of carbonyl (C=O) groups excluding carboxylic acids is 2. The van der Waals surface area contributed by atoms with E-state index in [0.29, 0.717) is 17.9 Å². The molecule has 5 nitrogen and oxygen atoms in total. The van der Waals surface area contributed by atoms with Crippen molar-refractivity contribution in [2.75, 3.05) is 20.2 Å². The zero-order valence-corrected chi connectivity index (χ0v) is 12.1. The predicted octanol–water partition coefficient (Wildman–Crippen LogP) is 1.73. The number of benzene rings is 1.